The number of aromatic nitrogens is 1. The molecule has 0 bridgehead atoms. The van der Waals surface area contributed by atoms with E-state index < -0.39 is 0 Å². The zero-order chi connectivity index (χ0) is 24.0. The van der Waals surface area contributed by atoms with Crippen molar-refractivity contribution in [2.24, 2.45) is 0 Å². The summed E-state index contributed by atoms with van der Waals surface area (Å²) in [6.07, 6.45) is 23.3. The topological polar surface area (TPSA) is 59.3 Å². The Labute approximate surface area is 215 Å². The lowest BCUT2D eigenvalue weighted by molar-refractivity contribution is -0.684. The first-order chi connectivity index (χ1) is 16.1. The molecule has 1 amide bonds. The lowest BCUT2D eigenvalue weighted by Crippen LogP contribution is -2.43. The van der Waals surface area contributed by atoms with E-state index in [1.807, 2.05) is 30.6 Å². The molecule has 1 aromatic rings. The number of halogens is 1. The van der Waals surface area contributed by atoms with Crippen molar-refractivity contribution in [3.8, 4) is 0 Å². The molecule has 1 atom stereocenters. The molecule has 0 fully saturated rings. The SMILES string of the molecule is CCCCCCCCCCCCCCCCC(I)C(=O)OCCNC(=O)C[n+]1ccccc1. The van der Waals surface area contributed by atoms with Gasteiger partial charge in [-0.25, -0.2) is 0 Å². The van der Waals surface area contributed by atoms with Crippen molar-refractivity contribution in [2.75, 3.05) is 13.2 Å². The van der Waals surface area contributed by atoms with E-state index in [0.29, 0.717) is 6.54 Å². The largest absolute Gasteiger partial charge is 0.463 e. The minimum Gasteiger partial charge on any atom is -0.463 e. The van der Waals surface area contributed by atoms with Gasteiger partial charge in [-0.2, -0.15) is 4.57 Å². The van der Waals surface area contributed by atoms with Crippen LogP contribution >= 0.6 is 22.6 Å². The second-order valence-electron chi connectivity index (χ2n) is 8.92. The molecule has 1 unspecified atom stereocenters. The lowest BCUT2D eigenvalue weighted by atomic mass is 10.0. The Kier molecular flexibility index (Phi) is 19.3. The number of nitrogens with zero attached hydrogens (tertiary/aromatic N) is 1. The number of nitrogens with one attached hydrogen (secondary N) is 1. The van der Waals surface area contributed by atoms with Crippen LogP contribution in [-0.4, -0.2) is 29.0 Å². The highest BCUT2D eigenvalue weighted by molar-refractivity contribution is 14.1. The van der Waals surface area contributed by atoms with Crippen LogP contribution in [0.3, 0.4) is 0 Å². The Bertz CT molecular complexity index is 613. The second-order valence-corrected chi connectivity index (χ2v) is 10.4. The first-order valence-electron chi connectivity index (χ1n) is 13.1. The highest BCUT2D eigenvalue weighted by Crippen LogP contribution is 2.16. The molecule has 1 aromatic heterocycles. The monoisotopic (exact) mass is 573 g/mol. The van der Waals surface area contributed by atoms with Crippen LogP contribution < -0.4 is 9.88 Å². The Morgan fingerprint density at radius 3 is 1.88 bits per heavy atom. The summed E-state index contributed by atoms with van der Waals surface area (Å²) in [5, 5.41) is 2.78. The Hall–Kier alpha value is -1.18. The number of alkyl halides is 1. The third-order valence-corrected chi connectivity index (χ3v) is 6.97. The number of ether oxygens (including phenoxy) is 1. The molecule has 0 saturated heterocycles. The molecule has 5 nitrogen and oxygen atoms in total. The second kappa shape index (κ2) is 21.4. The summed E-state index contributed by atoms with van der Waals surface area (Å²) in [5.41, 5.74) is 0. The van der Waals surface area contributed by atoms with Crippen molar-refractivity contribution in [1.82, 2.24) is 5.32 Å². The number of hydrogen-bond donors (Lipinski definition) is 1. The third-order valence-electron chi connectivity index (χ3n) is 5.84. The zero-order valence-corrected chi connectivity index (χ0v) is 22.9. The highest BCUT2D eigenvalue weighted by Gasteiger charge is 2.16. The number of carbonyl (C=O) groups is 2. The first-order valence-corrected chi connectivity index (χ1v) is 14.4. The van der Waals surface area contributed by atoms with Gasteiger partial charge in [0.2, 0.25) is 6.54 Å². The van der Waals surface area contributed by atoms with Crippen LogP contribution in [0, 0.1) is 0 Å². The average Bonchev–Trinajstić information content (AvgIpc) is 2.82. The van der Waals surface area contributed by atoms with Gasteiger partial charge in [0, 0.05) is 12.1 Å². The number of rotatable bonds is 21. The number of carbonyl (C=O) groups excluding carboxylic acids is 2. The molecule has 0 spiro atoms. The number of esters is 1. The minimum atomic E-state index is -0.169. The van der Waals surface area contributed by atoms with E-state index in [-0.39, 0.29) is 29.0 Å². The predicted octanol–water partition coefficient (Wildman–Crippen LogP) is 6.31. The van der Waals surface area contributed by atoms with E-state index in [1.165, 1.54) is 83.5 Å². The predicted molar refractivity (Wildman–Crippen MR) is 143 cm³/mol. The van der Waals surface area contributed by atoms with E-state index in [0.717, 1.165) is 12.8 Å². The number of pyridine rings is 1. The van der Waals surface area contributed by atoms with Gasteiger partial charge in [-0.05, 0) is 6.42 Å². The maximum Gasteiger partial charge on any atom is 0.318 e. The molecular formula is C27H46IN2O3+. The lowest BCUT2D eigenvalue weighted by Gasteiger charge is -2.10. The van der Waals surface area contributed by atoms with E-state index in [9.17, 15) is 9.59 Å². The van der Waals surface area contributed by atoms with Gasteiger partial charge in [0.05, 0.1) is 6.54 Å². The van der Waals surface area contributed by atoms with Gasteiger partial charge in [-0.1, -0.05) is 125 Å². The van der Waals surface area contributed by atoms with Crippen molar-refractivity contribution in [3.63, 3.8) is 0 Å². The van der Waals surface area contributed by atoms with E-state index >= 15 is 0 Å². The van der Waals surface area contributed by atoms with Gasteiger partial charge in [-0.3, -0.25) is 9.59 Å². The molecule has 0 radical (unpaired) electrons. The van der Waals surface area contributed by atoms with Gasteiger partial charge in [-0.15, -0.1) is 0 Å². The van der Waals surface area contributed by atoms with E-state index in [4.69, 9.17) is 4.74 Å². The van der Waals surface area contributed by atoms with Crippen LogP contribution in [0.15, 0.2) is 30.6 Å². The van der Waals surface area contributed by atoms with Gasteiger partial charge in [0.1, 0.15) is 10.5 Å². The maximum atomic E-state index is 12.1. The molecule has 0 aliphatic carbocycles. The van der Waals surface area contributed by atoms with Gasteiger partial charge >= 0.3 is 5.97 Å². The van der Waals surface area contributed by atoms with Gasteiger partial charge < -0.3 is 10.1 Å². The Balaban J connectivity index is 1.88. The number of unbranched alkanes of at least 4 members (excludes halogenated alkanes) is 13. The third kappa shape index (κ3) is 17.9. The molecular weight excluding hydrogens is 527 g/mol. The van der Waals surface area contributed by atoms with Crippen LogP contribution in [0.1, 0.15) is 103 Å². The Morgan fingerprint density at radius 2 is 1.33 bits per heavy atom. The van der Waals surface area contributed by atoms with Crippen LogP contribution in [0.25, 0.3) is 0 Å². The van der Waals surface area contributed by atoms with Crippen LogP contribution in [0.4, 0.5) is 0 Å². The summed E-state index contributed by atoms with van der Waals surface area (Å²) < 4.78 is 7.01. The molecule has 1 rings (SSSR count). The molecule has 1 heterocycles. The summed E-state index contributed by atoms with van der Waals surface area (Å²) in [4.78, 5) is 24.0. The standard InChI is InChI=1S/C27H45IN2O3/c1-2-3-4-5-6-7-8-9-10-11-12-13-14-16-19-25(28)27(32)33-23-20-29-26(31)24-30-21-17-15-18-22-30/h15,17-18,21-22,25H,2-14,16,19-20,23-24H2,1H3/p+1. The summed E-state index contributed by atoms with van der Waals surface area (Å²) in [5.74, 6) is -0.257. The summed E-state index contributed by atoms with van der Waals surface area (Å²) in [7, 11) is 0. The van der Waals surface area contributed by atoms with Crippen molar-refractivity contribution in [3.05, 3.63) is 30.6 Å². The van der Waals surface area contributed by atoms with Crippen molar-refractivity contribution < 1.29 is 18.9 Å². The maximum absolute atomic E-state index is 12.1. The highest BCUT2D eigenvalue weighted by atomic mass is 127. The van der Waals surface area contributed by atoms with Crippen LogP contribution in [-0.2, 0) is 20.9 Å². The van der Waals surface area contributed by atoms with Crippen molar-refractivity contribution in [2.45, 2.75) is 114 Å². The van der Waals surface area contributed by atoms with Crippen molar-refractivity contribution in [1.29, 1.82) is 0 Å². The molecule has 188 valence electrons. The molecule has 0 saturated carbocycles. The Morgan fingerprint density at radius 1 is 0.818 bits per heavy atom. The normalized spacial score (nSPS) is 11.8. The molecule has 6 heteroatoms. The van der Waals surface area contributed by atoms with Gasteiger partial charge in [0.15, 0.2) is 12.4 Å². The summed E-state index contributed by atoms with van der Waals surface area (Å²) >= 11 is 2.18. The minimum absolute atomic E-state index is 0.0873. The van der Waals surface area contributed by atoms with Gasteiger partial charge in [0.25, 0.3) is 5.91 Å². The quantitative estimate of drug-likeness (QED) is 0.0617. The fourth-order valence-electron chi connectivity index (χ4n) is 3.83. The fourth-order valence-corrected chi connectivity index (χ4v) is 4.45. The summed E-state index contributed by atoms with van der Waals surface area (Å²) in [6, 6.07) is 5.67. The van der Waals surface area contributed by atoms with Crippen LogP contribution in [0.5, 0.6) is 0 Å². The first kappa shape index (κ1) is 29.9. The van der Waals surface area contributed by atoms with Crippen molar-refractivity contribution >= 4 is 34.5 Å². The number of amides is 1. The smallest absolute Gasteiger partial charge is 0.318 e. The molecule has 33 heavy (non-hydrogen) atoms. The zero-order valence-electron chi connectivity index (χ0n) is 20.7. The van der Waals surface area contributed by atoms with Crippen LogP contribution in [0.2, 0.25) is 0 Å². The molecule has 0 aliphatic heterocycles. The molecule has 1 N–H and O–H groups in total. The van der Waals surface area contributed by atoms with E-state index in [1.54, 1.807) is 4.57 Å². The fraction of sp³-hybridized carbons (Fsp3) is 0.741. The molecule has 0 aliphatic rings. The van der Waals surface area contributed by atoms with E-state index in [2.05, 4.69) is 34.8 Å². The number of hydrogen-bond acceptors (Lipinski definition) is 3. The summed E-state index contributed by atoms with van der Waals surface area (Å²) in [6.45, 7) is 3.11. The average molecular weight is 574 g/mol. The molecule has 0 aromatic carbocycles.